The molecule has 152 valence electrons. The van der Waals surface area contributed by atoms with Crippen molar-refractivity contribution in [2.24, 2.45) is 0 Å². The predicted molar refractivity (Wildman–Crippen MR) is 107 cm³/mol. The molecule has 0 radical (unpaired) electrons. The fraction of sp³-hybridized carbons (Fsp3) is 0.400. The predicted octanol–water partition coefficient (Wildman–Crippen LogP) is 2.14. The lowest BCUT2D eigenvalue weighted by atomic mass is 10.1. The quantitative estimate of drug-likeness (QED) is 0.685. The van der Waals surface area contributed by atoms with E-state index < -0.39 is 5.76 Å². The number of oxazole rings is 1. The number of H-pyrrole nitrogens is 1. The van der Waals surface area contributed by atoms with Crippen molar-refractivity contribution in [1.82, 2.24) is 19.7 Å². The molecule has 0 saturated carbocycles. The highest BCUT2D eigenvalue weighted by Gasteiger charge is 2.20. The van der Waals surface area contributed by atoms with Crippen molar-refractivity contribution in [3.8, 4) is 0 Å². The van der Waals surface area contributed by atoms with Crippen LogP contribution in [0.3, 0.4) is 0 Å². The molecule has 2 aromatic heterocycles. The van der Waals surface area contributed by atoms with E-state index in [1.807, 2.05) is 6.92 Å². The third-order valence-corrected chi connectivity index (χ3v) is 5.17. The fourth-order valence-electron chi connectivity index (χ4n) is 3.52. The average molecular weight is 397 g/mol. The number of hydrogen-bond acceptors (Lipinski definition) is 5. The summed E-state index contributed by atoms with van der Waals surface area (Å²) in [6, 6.07) is 6.58. The van der Waals surface area contributed by atoms with E-state index in [1.54, 1.807) is 29.2 Å². The molecule has 1 aromatic carbocycles. The van der Waals surface area contributed by atoms with E-state index in [-0.39, 0.29) is 24.1 Å². The van der Waals surface area contributed by atoms with E-state index in [9.17, 15) is 14.4 Å². The first-order chi connectivity index (χ1) is 14.0. The minimum Gasteiger partial charge on any atom is -0.408 e. The number of rotatable bonds is 5. The molecule has 1 fully saturated rings. The van der Waals surface area contributed by atoms with Gasteiger partial charge in [-0.05, 0) is 49.9 Å². The molecule has 3 aromatic rings. The number of hydrogen-bond donors (Lipinski definition) is 2. The van der Waals surface area contributed by atoms with Gasteiger partial charge in [-0.25, -0.2) is 4.79 Å². The van der Waals surface area contributed by atoms with Gasteiger partial charge in [0.15, 0.2) is 11.3 Å². The minimum absolute atomic E-state index is 0.0809. The summed E-state index contributed by atoms with van der Waals surface area (Å²) < 4.78 is 6.57. The molecule has 29 heavy (non-hydrogen) atoms. The Morgan fingerprint density at radius 1 is 1.21 bits per heavy atom. The van der Waals surface area contributed by atoms with Crippen LogP contribution in [-0.4, -0.2) is 44.6 Å². The van der Waals surface area contributed by atoms with Crippen molar-refractivity contribution >= 4 is 28.6 Å². The van der Waals surface area contributed by atoms with E-state index in [2.05, 4.69) is 15.5 Å². The van der Waals surface area contributed by atoms with Gasteiger partial charge in [0, 0.05) is 24.5 Å². The van der Waals surface area contributed by atoms with Crippen LogP contribution in [0.4, 0.5) is 5.69 Å². The summed E-state index contributed by atoms with van der Waals surface area (Å²) in [6.07, 6.45) is 3.83. The zero-order chi connectivity index (χ0) is 20.4. The summed E-state index contributed by atoms with van der Waals surface area (Å²) in [5.41, 5.74) is 2.47. The molecule has 1 saturated heterocycles. The number of amides is 2. The summed E-state index contributed by atoms with van der Waals surface area (Å²) in [5, 5.41) is 9.57. The van der Waals surface area contributed by atoms with Crippen LogP contribution in [0.5, 0.6) is 0 Å². The second-order valence-corrected chi connectivity index (χ2v) is 7.16. The first kappa shape index (κ1) is 19.0. The largest absolute Gasteiger partial charge is 0.420 e. The van der Waals surface area contributed by atoms with Gasteiger partial charge >= 0.3 is 5.76 Å². The van der Waals surface area contributed by atoms with Gasteiger partial charge in [-0.3, -0.25) is 19.3 Å². The molecule has 4 rings (SSSR count). The van der Waals surface area contributed by atoms with E-state index in [4.69, 9.17) is 4.42 Å². The van der Waals surface area contributed by atoms with Crippen LogP contribution in [0.15, 0.2) is 33.5 Å². The zero-order valence-corrected chi connectivity index (χ0v) is 16.2. The maximum atomic E-state index is 12.6. The average Bonchev–Trinajstić information content (AvgIpc) is 3.34. The Kier molecular flexibility index (Phi) is 5.20. The lowest BCUT2D eigenvalue weighted by Crippen LogP contribution is -2.39. The molecule has 1 aliphatic rings. The van der Waals surface area contributed by atoms with E-state index >= 15 is 0 Å². The number of anilines is 1. The Hall–Kier alpha value is -3.36. The van der Waals surface area contributed by atoms with Gasteiger partial charge in [0.1, 0.15) is 6.54 Å². The van der Waals surface area contributed by atoms with E-state index in [1.165, 1.54) is 4.57 Å². The maximum absolute atomic E-state index is 12.6. The Balaban J connectivity index is 1.56. The first-order valence-electron chi connectivity index (χ1n) is 9.82. The summed E-state index contributed by atoms with van der Waals surface area (Å²) in [7, 11) is 0. The van der Waals surface area contributed by atoms with Crippen molar-refractivity contribution in [1.29, 1.82) is 0 Å². The molecule has 0 spiro atoms. The molecule has 0 bridgehead atoms. The van der Waals surface area contributed by atoms with Crippen LogP contribution in [0.2, 0.25) is 0 Å². The number of fused-ring (bicyclic) bond motifs is 1. The molecule has 0 aliphatic carbocycles. The molecule has 9 nitrogen and oxygen atoms in total. The maximum Gasteiger partial charge on any atom is 0.420 e. The second kappa shape index (κ2) is 7.94. The second-order valence-electron chi connectivity index (χ2n) is 7.16. The third kappa shape index (κ3) is 3.94. The smallest absolute Gasteiger partial charge is 0.408 e. The van der Waals surface area contributed by atoms with E-state index in [0.29, 0.717) is 29.9 Å². The lowest BCUT2D eigenvalue weighted by molar-refractivity contribution is -0.132. The SMILES string of the molecule is CCc1cc(C(=O)Nc2ccc3oc(=O)n(CC(=O)N4CCCCC4)c3c2)n[nH]1. The fourth-order valence-corrected chi connectivity index (χ4v) is 3.52. The molecular formula is C20H23N5O4. The number of aromatic nitrogens is 3. The molecule has 2 amide bonds. The number of carbonyl (C=O) groups is 2. The number of nitrogens with one attached hydrogen (secondary N) is 2. The standard InChI is InChI=1S/C20H23N5O4/c1-2-13-10-15(23-22-13)19(27)21-14-6-7-17-16(11-14)25(20(28)29-17)12-18(26)24-8-4-3-5-9-24/h6-7,10-11H,2-5,8-9,12H2,1H3,(H,21,27)(H,22,23). The van der Waals surface area contributed by atoms with E-state index in [0.717, 1.165) is 31.4 Å². The van der Waals surface area contributed by atoms with Crippen LogP contribution in [0.25, 0.3) is 11.1 Å². The molecule has 2 N–H and O–H groups in total. The van der Waals surface area contributed by atoms with Crippen molar-refractivity contribution in [3.63, 3.8) is 0 Å². The first-order valence-corrected chi connectivity index (χ1v) is 9.82. The highest BCUT2D eigenvalue weighted by molar-refractivity contribution is 6.03. The van der Waals surface area contributed by atoms with Crippen LogP contribution >= 0.6 is 0 Å². The van der Waals surface area contributed by atoms with Crippen molar-refractivity contribution in [3.05, 3.63) is 46.2 Å². The Morgan fingerprint density at radius 3 is 2.72 bits per heavy atom. The molecule has 9 heteroatoms. The lowest BCUT2D eigenvalue weighted by Gasteiger charge is -2.26. The van der Waals surface area contributed by atoms with Crippen molar-refractivity contribution in [2.75, 3.05) is 18.4 Å². The molecular weight excluding hydrogens is 374 g/mol. The third-order valence-electron chi connectivity index (χ3n) is 5.17. The van der Waals surface area contributed by atoms with Gasteiger partial charge in [0.2, 0.25) is 5.91 Å². The highest BCUT2D eigenvalue weighted by Crippen LogP contribution is 2.20. The van der Waals surface area contributed by atoms with Crippen LogP contribution < -0.4 is 11.1 Å². The Bertz CT molecular complexity index is 1100. The number of aryl methyl sites for hydroxylation is 1. The zero-order valence-electron chi connectivity index (χ0n) is 16.2. The summed E-state index contributed by atoms with van der Waals surface area (Å²) in [6.45, 7) is 3.32. The van der Waals surface area contributed by atoms with Crippen LogP contribution in [0, 0.1) is 0 Å². The number of carbonyl (C=O) groups excluding carboxylic acids is 2. The monoisotopic (exact) mass is 397 g/mol. The Labute approximate surface area is 166 Å². The number of nitrogens with zero attached hydrogens (tertiary/aromatic N) is 3. The molecule has 0 atom stereocenters. The van der Waals surface area contributed by atoms with Gasteiger partial charge in [-0.2, -0.15) is 5.10 Å². The van der Waals surface area contributed by atoms with Crippen molar-refractivity contribution in [2.45, 2.75) is 39.2 Å². The molecule has 0 unspecified atom stereocenters. The highest BCUT2D eigenvalue weighted by atomic mass is 16.4. The summed E-state index contributed by atoms with van der Waals surface area (Å²) >= 11 is 0. The van der Waals surface area contributed by atoms with Gasteiger partial charge < -0.3 is 14.6 Å². The van der Waals surface area contributed by atoms with Gasteiger partial charge in [-0.15, -0.1) is 0 Å². The normalized spacial score (nSPS) is 14.3. The van der Waals surface area contributed by atoms with Crippen LogP contribution in [-0.2, 0) is 17.8 Å². The number of aromatic amines is 1. The number of piperidine rings is 1. The van der Waals surface area contributed by atoms with Crippen LogP contribution in [0.1, 0.15) is 42.4 Å². The number of benzene rings is 1. The minimum atomic E-state index is -0.589. The molecule has 1 aliphatic heterocycles. The molecule has 3 heterocycles. The Morgan fingerprint density at radius 2 is 2.00 bits per heavy atom. The number of likely N-dealkylation sites (tertiary alicyclic amines) is 1. The van der Waals surface area contributed by atoms with Gasteiger partial charge in [0.05, 0.1) is 5.52 Å². The van der Waals surface area contributed by atoms with Crippen molar-refractivity contribution < 1.29 is 14.0 Å². The summed E-state index contributed by atoms with van der Waals surface area (Å²) in [4.78, 5) is 39.0. The van der Waals surface area contributed by atoms with Gasteiger partial charge in [-0.1, -0.05) is 6.92 Å². The topological polar surface area (TPSA) is 113 Å². The summed E-state index contributed by atoms with van der Waals surface area (Å²) in [5.74, 6) is -1.05. The van der Waals surface area contributed by atoms with Gasteiger partial charge in [0.25, 0.3) is 5.91 Å².